The molecule has 0 aromatic heterocycles. The van der Waals surface area contributed by atoms with Crippen molar-refractivity contribution in [2.75, 3.05) is 11.9 Å². The molecule has 0 unspecified atom stereocenters. The minimum Gasteiger partial charge on any atom is -0.457 e. The van der Waals surface area contributed by atoms with Gasteiger partial charge in [-0.1, -0.05) is 0 Å². The fourth-order valence-corrected chi connectivity index (χ4v) is 6.04. The van der Waals surface area contributed by atoms with Gasteiger partial charge in [-0.15, -0.1) is 0 Å². The molecule has 0 aliphatic heterocycles. The molecule has 5 nitrogen and oxygen atoms in total. The van der Waals surface area contributed by atoms with Crippen LogP contribution in [-0.2, 0) is 14.3 Å². The van der Waals surface area contributed by atoms with Crippen LogP contribution >= 0.6 is 0 Å². The number of ketones is 1. The van der Waals surface area contributed by atoms with Crippen molar-refractivity contribution in [1.29, 1.82) is 0 Å². The number of ether oxygens (including phenoxy) is 1. The topological polar surface area (TPSA) is 72.5 Å². The summed E-state index contributed by atoms with van der Waals surface area (Å²) in [5.74, 6) is 1.78. The second-order valence-corrected chi connectivity index (χ2v) is 8.94. The molecule has 4 fully saturated rings. The molecule has 5 heteroatoms. The molecular weight excluding hydrogens is 342 g/mol. The number of hydrogen-bond donors (Lipinski definition) is 1. The minimum absolute atomic E-state index is 0.134. The van der Waals surface area contributed by atoms with Gasteiger partial charge in [-0.2, -0.15) is 0 Å². The van der Waals surface area contributed by atoms with Gasteiger partial charge in [0.25, 0.3) is 0 Å². The van der Waals surface area contributed by atoms with Crippen molar-refractivity contribution in [3.63, 3.8) is 0 Å². The molecule has 1 aromatic rings. The van der Waals surface area contributed by atoms with Gasteiger partial charge in [-0.05, 0) is 86.0 Å². The molecule has 4 saturated carbocycles. The maximum absolute atomic E-state index is 12.4. The quantitative estimate of drug-likeness (QED) is 0.608. The maximum Gasteiger partial charge on any atom is 0.306 e. The third-order valence-electron chi connectivity index (χ3n) is 6.58. The lowest BCUT2D eigenvalue weighted by molar-refractivity contribution is -0.150. The molecule has 4 aliphatic carbocycles. The summed E-state index contributed by atoms with van der Waals surface area (Å²) >= 11 is 0. The Morgan fingerprint density at radius 3 is 2.07 bits per heavy atom. The summed E-state index contributed by atoms with van der Waals surface area (Å²) in [5, 5.41) is 2.66. The lowest BCUT2D eigenvalue weighted by Gasteiger charge is -2.56. The zero-order chi connectivity index (χ0) is 19.0. The SMILES string of the molecule is CC(=O)Nc1ccc(C(=O)COC(=O)CC23CC4CC(CC(C4)C2)C3)cc1. The molecule has 0 spiro atoms. The van der Waals surface area contributed by atoms with E-state index in [1.165, 1.54) is 26.2 Å². The monoisotopic (exact) mass is 369 g/mol. The van der Waals surface area contributed by atoms with Crippen LogP contribution < -0.4 is 5.32 Å². The molecule has 0 saturated heterocycles. The van der Waals surface area contributed by atoms with Crippen molar-refractivity contribution in [3.8, 4) is 0 Å². The standard InChI is InChI=1S/C22H27NO4/c1-14(24)23-19-4-2-18(3-5-19)20(25)13-27-21(26)12-22-9-15-6-16(10-22)8-17(7-15)11-22/h2-5,15-17H,6-13H2,1H3,(H,23,24). The Balaban J connectivity index is 1.29. The summed E-state index contributed by atoms with van der Waals surface area (Å²) in [4.78, 5) is 35.7. The molecule has 1 amide bonds. The first-order valence-electron chi connectivity index (χ1n) is 9.97. The summed E-state index contributed by atoms with van der Waals surface area (Å²) < 4.78 is 5.33. The number of benzene rings is 1. The Hall–Kier alpha value is -2.17. The smallest absolute Gasteiger partial charge is 0.306 e. The van der Waals surface area contributed by atoms with Crippen LogP contribution in [0.15, 0.2) is 24.3 Å². The van der Waals surface area contributed by atoms with E-state index in [0.717, 1.165) is 37.0 Å². The van der Waals surface area contributed by atoms with Gasteiger partial charge < -0.3 is 10.1 Å². The highest BCUT2D eigenvalue weighted by atomic mass is 16.5. The van der Waals surface area contributed by atoms with Crippen LogP contribution in [0.4, 0.5) is 5.69 Å². The third kappa shape index (κ3) is 4.07. The highest BCUT2D eigenvalue weighted by Gasteiger charge is 2.51. The normalized spacial score (nSPS) is 30.8. The number of carbonyl (C=O) groups excluding carboxylic acids is 3. The minimum atomic E-state index is -0.236. The van der Waals surface area contributed by atoms with E-state index in [0.29, 0.717) is 17.7 Å². The number of amides is 1. The van der Waals surface area contributed by atoms with Crippen molar-refractivity contribution >= 4 is 23.3 Å². The van der Waals surface area contributed by atoms with Gasteiger partial charge in [-0.3, -0.25) is 14.4 Å². The van der Waals surface area contributed by atoms with Gasteiger partial charge in [0.2, 0.25) is 5.91 Å². The van der Waals surface area contributed by atoms with E-state index < -0.39 is 0 Å². The molecule has 0 atom stereocenters. The van der Waals surface area contributed by atoms with Gasteiger partial charge in [-0.25, -0.2) is 0 Å². The highest BCUT2D eigenvalue weighted by Crippen LogP contribution is 2.61. The molecule has 27 heavy (non-hydrogen) atoms. The fraction of sp³-hybridized carbons (Fsp3) is 0.591. The number of Topliss-reactive ketones (excluding diaryl/α,β-unsaturated/α-hetero) is 1. The molecule has 0 heterocycles. The Morgan fingerprint density at radius 1 is 1.00 bits per heavy atom. The zero-order valence-electron chi connectivity index (χ0n) is 15.8. The Kier molecular flexibility index (Phi) is 4.79. The molecule has 4 bridgehead atoms. The third-order valence-corrected chi connectivity index (χ3v) is 6.58. The van der Waals surface area contributed by atoms with E-state index in [2.05, 4.69) is 5.32 Å². The van der Waals surface area contributed by atoms with Crippen LogP contribution in [0.1, 0.15) is 62.2 Å². The largest absolute Gasteiger partial charge is 0.457 e. The second kappa shape index (κ2) is 7.10. The van der Waals surface area contributed by atoms with Crippen LogP contribution in [0, 0.1) is 23.2 Å². The average Bonchev–Trinajstić information content (AvgIpc) is 2.58. The predicted molar refractivity (Wildman–Crippen MR) is 101 cm³/mol. The van der Waals surface area contributed by atoms with Crippen molar-refractivity contribution in [2.24, 2.45) is 23.2 Å². The first kappa shape index (κ1) is 18.2. The molecule has 4 aliphatic rings. The van der Waals surface area contributed by atoms with E-state index in [4.69, 9.17) is 4.74 Å². The van der Waals surface area contributed by atoms with Gasteiger partial charge in [0.15, 0.2) is 12.4 Å². The molecule has 1 aromatic carbocycles. The summed E-state index contributed by atoms with van der Waals surface area (Å²) in [7, 11) is 0. The Morgan fingerprint density at radius 2 is 1.56 bits per heavy atom. The number of hydrogen-bond acceptors (Lipinski definition) is 4. The van der Waals surface area contributed by atoms with E-state index in [1.807, 2.05) is 0 Å². The summed E-state index contributed by atoms with van der Waals surface area (Å²) in [5.41, 5.74) is 1.25. The fourth-order valence-electron chi connectivity index (χ4n) is 6.04. The van der Waals surface area contributed by atoms with Gasteiger partial charge >= 0.3 is 5.97 Å². The van der Waals surface area contributed by atoms with E-state index in [9.17, 15) is 14.4 Å². The van der Waals surface area contributed by atoms with Crippen LogP contribution in [-0.4, -0.2) is 24.3 Å². The summed E-state index contributed by atoms with van der Waals surface area (Å²) in [6.45, 7) is 1.22. The molecular formula is C22H27NO4. The lowest BCUT2D eigenvalue weighted by atomic mass is 9.49. The van der Waals surface area contributed by atoms with Crippen LogP contribution in [0.5, 0.6) is 0 Å². The van der Waals surface area contributed by atoms with Gasteiger partial charge in [0.05, 0.1) is 6.42 Å². The summed E-state index contributed by atoms with van der Waals surface area (Å²) in [6, 6.07) is 6.62. The average molecular weight is 369 g/mol. The van der Waals surface area contributed by atoms with Crippen LogP contribution in [0.3, 0.4) is 0 Å². The van der Waals surface area contributed by atoms with E-state index in [-0.39, 0.29) is 29.7 Å². The Bertz CT molecular complexity index is 717. The number of carbonyl (C=O) groups is 3. The number of nitrogens with one attached hydrogen (secondary N) is 1. The van der Waals surface area contributed by atoms with Crippen molar-refractivity contribution in [3.05, 3.63) is 29.8 Å². The lowest BCUT2D eigenvalue weighted by Crippen LogP contribution is -2.47. The number of anilines is 1. The van der Waals surface area contributed by atoms with Gasteiger partial charge in [0, 0.05) is 18.2 Å². The van der Waals surface area contributed by atoms with Gasteiger partial charge in [0.1, 0.15) is 0 Å². The van der Waals surface area contributed by atoms with E-state index >= 15 is 0 Å². The van der Waals surface area contributed by atoms with Crippen LogP contribution in [0.2, 0.25) is 0 Å². The Labute approximate surface area is 159 Å². The maximum atomic E-state index is 12.4. The second-order valence-electron chi connectivity index (χ2n) is 8.94. The number of rotatable bonds is 6. The van der Waals surface area contributed by atoms with Crippen molar-refractivity contribution in [1.82, 2.24) is 0 Å². The van der Waals surface area contributed by atoms with E-state index in [1.54, 1.807) is 24.3 Å². The predicted octanol–water partition coefficient (Wildman–Crippen LogP) is 3.98. The molecule has 1 N–H and O–H groups in total. The number of esters is 1. The first-order chi connectivity index (χ1) is 12.9. The van der Waals surface area contributed by atoms with Crippen molar-refractivity contribution < 1.29 is 19.1 Å². The van der Waals surface area contributed by atoms with Crippen molar-refractivity contribution in [2.45, 2.75) is 51.9 Å². The highest BCUT2D eigenvalue weighted by molar-refractivity contribution is 5.98. The first-order valence-corrected chi connectivity index (χ1v) is 9.97. The molecule has 144 valence electrons. The zero-order valence-corrected chi connectivity index (χ0v) is 15.8. The van der Waals surface area contributed by atoms with Crippen LogP contribution in [0.25, 0.3) is 0 Å². The molecule has 5 rings (SSSR count). The summed E-state index contributed by atoms with van der Waals surface area (Å²) in [6.07, 6.45) is 7.99. The molecule has 0 radical (unpaired) electrons.